The Hall–Kier alpha value is -4.55. The number of hydrogen-bond acceptors (Lipinski definition) is 15. The number of hydrogen-bond donors (Lipinski definition) is 7. The second kappa shape index (κ2) is 20.6. The number of aliphatic hydroxyl groups is 1. The number of imide groups is 1. The van der Waals surface area contributed by atoms with Crippen molar-refractivity contribution in [3.8, 4) is 0 Å². The van der Waals surface area contributed by atoms with E-state index >= 15 is 0 Å². The van der Waals surface area contributed by atoms with Crippen LogP contribution in [0, 0.1) is 28.6 Å². The number of benzene rings is 1. The van der Waals surface area contributed by atoms with E-state index in [0.717, 1.165) is 20.9 Å². The number of Topliss-reactive ketones (excluding diaryl/α,β-unsaturated/α-hetero) is 1. The molecule has 8 rings (SSSR count). The Labute approximate surface area is 433 Å². The average molecular weight is 1160 g/mol. The first-order valence-electron chi connectivity index (χ1n) is 23.2. The summed E-state index contributed by atoms with van der Waals surface area (Å²) < 4.78 is 30.1. The quantitative estimate of drug-likeness (QED) is 0.0553. The van der Waals surface area contributed by atoms with Gasteiger partial charge in [-0.2, -0.15) is 0 Å². The van der Waals surface area contributed by atoms with Crippen LogP contribution in [0.1, 0.15) is 80.4 Å². The van der Waals surface area contributed by atoms with E-state index in [4.69, 9.17) is 14.0 Å². The minimum atomic E-state index is -5.06. The van der Waals surface area contributed by atoms with Crippen LogP contribution >= 0.6 is 51.0 Å². The largest absolute Gasteiger partial charge is 0.481 e. The van der Waals surface area contributed by atoms with Gasteiger partial charge in [-0.1, -0.05) is 37.6 Å². The van der Waals surface area contributed by atoms with Crippen LogP contribution in [0.2, 0.25) is 0 Å². The number of phosphoric ester groups is 1. The molecule has 4 amide bonds. The number of ketones is 2. The molecule has 0 spiro atoms. The fourth-order valence-electron chi connectivity index (χ4n) is 11.9. The molecule has 6 aliphatic rings. The minimum Gasteiger partial charge on any atom is -0.481 e. The molecule has 20 nitrogen and oxygen atoms in total. The zero-order valence-corrected chi connectivity index (χ0v) is 43.9. The normalized spacial score (nSPS) is 30.5. The summed E-state index contributed by atoms with van der Waals surface area (Å²) in [7, 11) is -5.06. The summed E-state index contributed by atoms with van der Waals surface area (Å²) in [5, 5.41) is 29.5. The molecule has 386 valence electrons. The summed E-state index contributed by atoms with van der Waals surface area (Å²) in [6.07, 6.45) is 4.02. The molecule has 4 aliphatic carbocycles. The maximum Gasteiger partial charge on any atom is 0.470 e. The topological polar surface area (TPSA) is 302 Å². The van der Waals surface area contributed by atoms with Crippen molar-refractivity contribution in [3.63, 3.8) is 0 Å². The molecule has 3 heterocycles. The zero-order valence-electron chi connectivity index (χ0n) is 39.0. The third kappa shape index (κ3) is 10.3. The molecule has 0 bridgehead atoms. The van der Waals surface area contributed by atoms with Gasteiger partial charge in [-0.15, -0.1) is 11.3 Å². The predicted molar refractivity (Wildman–Crippen MR) is 263 cm³/mol. The van der Waals surface area contributed by atoms with Crippen LogP contribution in [0.3, 0.4) is 0 Å². The Bertz CT molecular complexity index is 2720. The van der Waals surface area contributed by atoms with E-state index in [0.29, 0.717) is 42.5 Å². The Balaban J connectivity index is 0.903. The second-order valence-electron chi connectivity index (χ2n) is 19.6. The number of nitrogens with one attached hydrogen (secondary N) is 3. The third-order valence-corrected chi connectivity index (χ3v) is 18.9. The maximum absolute atomic E-state index is 14.5. The summed E-state index contributed by atoms with van der Waals surface area (Å²) in [5.74, 6) is -5.18. The fourth-order valence-corrected chi connectivity index (χ4v) is 14.0. The number of allylic oxidation sites excluding steroid dienone is 4. The number of anilines is 1. The zero-order chi connectivity index (χ0) is 52.1. The fraction of sp³-hybridized carbons (Fsp3) is 0.500. The molecule has 7 N–H and O–H groups in total. The van der Waals surface area contributed by atoms with Crippen molar-refractivity contribution < 1.29 is 76.9 Å². The number of phosphoric acid groups is 1. The van der Waals surface area contributed by atoms with Gasteiger partial charge >= 0.3 is 13.8 Å². The lowest BCUT2D eigenvalue weighted by atomic mass is 9.46. The number of rotatable bonds is 20. The number of aliphatic hydroxyl groups excluding tert-OH is 1. The van der Waals surface area contributed by atoms with E-state index in [9.17, 15) is 62.9 Å². The van der Waals surface area contributed by atoms with Crippen molar-refractivity contribution in [2.45, 2.75) is 94.9 Å². The molecule has 72 heavy (non-hydrogen) atoms. The number of carboxylic acid groups (broad SMARTS) is 1. The van der Waals surface area contributed by atoms with Gasteiger partial charge in [-0.05, 0) is 118 Å². The first-order chi connectivity index (χ1) is 33.9. The van der Waals surface area contributed by atoms with Crippen LogP contribution < -0.4 is 16.0 Å². The van der Waals surface area contributed by atoms with Gasteiger partial charge in [0.05, 0.1) is 23.6 Å². The molecule has 0 unspecified atom stereocenters. The summed E-state index contributed by atoms with van der Waals surface area (Å²) in [6, 6.07) is 10.9. The monoisotopic (exact) mass is 1160 g/mol. The number of carbonyl (C=O) groups excluding carboxylic acids is 7. The minimum absolute atomic E-state index is 0.0235. The summed E-state index contributed by atoms with van der Waals surface area (Å²) in [4.78, 5) is 122. The van der Waals surface area contributed by atoms with Gasteiger partial charge in [-0.3, -0.25) is 43.0 Å². The van der Waals surface area contributed by atoms with Crippen LogP contribution in [0.5, 0.6) is 0 Å². The molecule has 1 aromatic carbocycles. The molecule has 1 aromatic heterocycles. The van der Waals surface area contributed by atoms with Crippen LogP contribution in [0.15, 0.2) is 69.2 Å². The number of halogens is 2. The number of aldehydes is 1. The summed E-state index contributed by atoms with van der Waals surface area (Å²) >= 11 is 7.41. The van der Waals surface area contributed by atoms with E-state index in [1.807, 2.05) is 44.2 Å². The van der Waals surface area contributed by atoms with Crippen molar-refractivity contribution in [3.05, 3.63) is 84.5 Å². The highest BCUT2D eigenvalue weighted by Crippen LogP contribution is 2.70. The summed E-state index contributed by atoms with van der Waals surface area (Å²) in [6.45, 7) is 1.97. The van der Waals surface area contributed by atoms with Gasteiger partial charge in [0.25, 0.3) is 11.8 Å². The molecule has 1 saturated heterocycles. The number of thiophene rings is 1. The number of fused-ring (bicyclic) bond motifs is 7. The lowest BCUT2D eigenvalue weighted by Crippen LogP contribution is -2.63. The lowest BCUT2D eigenvalue weighted by molar-refractivity contribution is -0.200. The molecular weight excluding hydrogens is 1110 g/mol. The Kier molecular flexibility index (Phi) is 15.4. The molecule has 2 aromatic rings. The second-order valence-corrected chi connectivity index (χ2v) is 23.6. The standard InChI is InChI=1S/C48H53Br2N4O16PS/c1-45-14-11-28(56)18-26(45)5-9-30-31-19-35-48(34(58)22-68-71(65,66)67,46(31,2)20-32(57)39(30)45)70-44(69-35)33-10-8-29(72-33)17-25-3-6-27(7-4-25)52-23-47(24-55,15-12-38(61)62)53-37(60)21-51-36(59)13-16-54-42(63)40(49)41(50)43(54)64/h3-4,6-8,10-11,14,18,24,30-32,35,39,44,52,57H,5,9,12-13,15-17,19-23H2,1-2H3,(H,51,59)(H,53,60)(H,61,62)(H2,65,66,67)/t30-,31-,32-,35+,39+,44+,45-,46-,47-,48+/m0/s1. The number of aliphatic carboxylic acids is 1. The molecule has 0 radical (unpaired) electrons. The van der Waals surface area contributed by atoms with E-state index in [2.05, 4.69) is 47.8 Å². The van der Waals surface area contributed by atoms with E-state index < -0.39 is 103 Å². The van der Waals surface area contributed by atoms with E-state index in [-0.39, 0.29) is 64.9 Å². The van der Waals surface area contributed by atoms with Gasteiger partial charge in [0.15, 0.2) is 23.5 Å². The van der Waals surface area contributed by atoms with Gasteiger partial charge < -0.3 is 50.2 Å². The molecule has 4 fully saturated rings. The van der Waals surface area contributed by atoms with Gasteiger partial charge in [0.1, 0.15) is 27.4 Å². The number of nitrogens with zero attached hydrogens (tertiary/aromatic N) is 1. The van der Waals surface area contributed by atoms with Gasteiger partial charge in [-0.25, -0.2) is 4.57 Å². The van der Waals surface area contributed by atoms with Gasteiger partial charge in [0, 0.05) is 59.7 Å². The molecule has 3 saturated carbocycles. The van der Waals surface area contributed by atoms with Crippen molar-refractivity contribution >= 4 is 104 Å². The molecule has 2 aliphatic heterocycles. The van der Waals surface area contributed by atoms with Crippen LogP contribution in [-0.4, -0.2) is 122 Å². The van der Waals surface area contributed by atoms with Gasteiger partial charge in [0.2, 0.25) is 11.8 Å². The Morgan fingerprint density at radius 2 is 1.74 bits per heavy atom. The molecule has 10 atom stereocenters. The van der Waals surface area contributed by atoms with Crippen LogP contribution in [0.4, 0.5) is 5.69 Å². The first kappa shape index (κ1) is 53.7. The maximum atomic E-state index is 14.5. The molecule has 24 heteroatoms. The average Bonchev–Trinajstić information content (AvgIpc) is 4.06. The van der Waals surface area contributed by atoms with Crippen LogP contribution in [0.25, 0.3) is 0 Å². The predicted octanol–water partition coefficient (Wildman–Crippen LogP) is 4.27. The highest BCUT2D eigenvalue weighted by atomic mass is 79.9. The first-order valence-corrected chi connectivity index (χ1v) is 27.1. The number of ether oxygens (including phenoxy) is 2. The van der Waals surface area contributed by atoms with E-state index in [1.165, 1.54) is 11.3 Å². The Morgan fingerprint density at radius 1 is 1.03 bits per heavy atom. The number of carbonyl (C=O) groups is 8. The molecular formula is C48H53Br2N4O16PS. The highest BCUT2D eigenvalue weighted by Gasteiger charge is 2.76. The lowest BCUT2D eigenvalue weighted by Gasteiger charge is -2.59. The number of amides is 4. The number of carboxylic acids is 1. The summed E-state index contributed by atoms with van der Waals surface area (Å²) in [5.41, 5.74) is -2.60. The Morgan fingerprint density at radius 3 is 2.40 bits per heavy atom. The smallest absolute Gasteiger partial charge is 0.470 e. The van der Waals surface area contributed by atoms with E-state index in [1.54, 1.807) is 24.3 Å². The van der Waals surface area contributed by atoms with Crippen molar-refractivity contribution in [1.82, 2.24) is 15.5 Å². The SMILES string of the molecule is C[C@]12C=CC(=O)C=C1CC[C@@H]1[C@@H]2[C@@H](O)C[C@@]2(C)[C@H]1C[C@H]1O[C@@H](c3ccc(Cc4ccc(NC[C@](C=O)(CCC(=O)O)NC(=O)CNC(=O)CCN5C(=O)C(Br)=C(Br)C5=O)cc4)s3)O[C@]12C(=O)COP(=O)(O)O. The van der Waals surface area contributed by atoms with Crippen molar-refractivity contribution in [1.29, 1.82) is 0 Å². The third-order valence-electron chi connectivity index (χ3n) is 15.3. The van der Waals surface area contributed by atoms with Crippen molar-refractivity contribution in [2.24, 2.45) is 28.6 Å². The van der Waals surface area contributed by atoms with Crippen LogP contribution in [-0.2, 0) is 63.3 Å². The highest BCUT2D eigenvalue weighted by molar-refractivity contribution is 9.14. The van der Waals surface area contributed by atoms with Crippen molar-refractivity contribution in [2.75, 3.05) is 31.6 Å².